The van der Waals surface area contributed by atoms with Crippen molar-refractivity contribution in [2.24, 2.45) is 5.92 Å². The highest BCUT2D eigenvalue weighted by molar-refractivity contribution is 5.72. The number of benzene rings is 2. The largest absolute Gasteiger partial charge is 0.466 e. The highest BCUT2D eigenvalue weighted by atomic mass is 16.6. The number of rotatable bonds is 6. The van der Waals surface area contributed by atoms with Crippen LogP contribution in [-0.2, 0) is 14.3 Å². The lowest BCUT2D eigenvalue weighted by atomic mass is 10.0. The third kappa shape index (κ3) is 10.6. The second-order valence-electron chi connectivity index (χ2n) is 8.10. The van der Waals surface area contributed by atoms with Gasteiger partial charge in [-0.25, -0.2) is 4.79 Å². The van der Waals surface area contributed by atoms with Crippen LogP contribution in [0.4, 0.5) is 4.79 Å². The van der Waals surface area contributed by atoms with E-state index in [1.807, 2.05) is 6.07 Å². The summed E-state index contributed by atoms with van der Waals surface area (Å²) < 4.78 is 9.92. The summed E-state index contributed by atoms with van der Waals surface area (Å²) in [5.41, 5.74) is 3.37. The fourth-order valence-corrected chi connectivity index (χ4v) is 2.48. The fraction of sp³-hybridized carbons (Fsp3) is 0.440. The average molecular weight is 414 g/mol. The molecule has 5 nitrogen and oxygen atoms in total. The molecule has 164 valence electrons. The van der Waals surface area contributed by atoms with E-state index in [0.717, 1.165) is 0 Å². The molecule has 30 heavy (non-hydrogen) atoms. The van der Waals surface area contributed by atoms with Crippen molar-refractivity contribution < 1.29 is 19.1 Å². The molecule has 1 atom stereocenters. The number of aryl methyl sites for hydroxylation is 1. The van der Waals surface area contributed by atoms with Crippen molar-refractivity contribution >= 4 is 12.1 Å². The number of alkyl carbamates (subject to hydrolysis) is 1. The zero-order valence-corrected chi connectivity index (χ0v) is 19.0. The first-order chi connectivity index (χ1) is 14.1. The van der Waals surface area contributed by atoms with Crippen LogP contribution in [0.1, 0.15) is 46.6 Å². The van der Waals surface area contributed by atoms with Crippen molar-refractivity contribution in [2.75, 3.05) is 13.2 Å². The van der Waals surface area contributed by atoms with Crippen LogP contribution in [0.3, 0.4) is 0 Å². The molecule has 2 rings (SSSR count). The van der Waals surface area contributed by atoms with Gasteiger partial charge in [0.25, 0.3) is 0 Å². The molecule has 0 saturated carbocycles. The molecule has 0 spiro atoms. The molecule has 0 aliphatic rings. The lowest BCUT2D eigenvalue weighted by Crippen LogP contribution is -2.34. The molecular weight excluding hydrogens is 378 g/mol. The van der Waals surface area contributed by atoms with Crippen molar-refractivity contribution in [2.45, 2.75) is 53.6 Å². The Hall–Kier alpha value is -2.82. The number of ether oxygens (including phenoxy) is 2. The van der Waals surface area contributed by atoms with Crippen molar-refractivity contribution in [3.8, 4) is 11.1 Å². The van der Waals surface area contributed by atoms with Gasteiger partial charge in [0, 0.05) is 6.54 Å². The van der Waals surface area contributed by atoms with E-state index in [2.05, 4.69) is 60.8 Å². The molecule has 0 unspecified atom stereocenters. The highest BCUT2D eigenvalue weighted by Crippen LogP contribution is 2.18. The zero-order chi connectivity index (χ0) is 22.6. The van der Waals surface area contributed by atoms with Gasteiger partial charge >= 0.3 is 12.1 Å². The van der Waals surface area contributed by atoms with Crippen molar-refractivity contribution in [3.63, 3.8) is 0 Å². The van der Waals surface area contributed by atoms with E-state index in [9.17, 15) is 9.59 Å². The van der Waals surface area contributed by atoms with Gasteiger partial charge in [-0.15, -0.1) is 0 Å². The monoisotopic (exact) mass is 413 g/mol. The molecule has 1 N–H and O–H groups in total. The van der Waals surface area contributed by atoms with E-state index < -0.39 is 11.7 Å². The summed E-state index contributed by atoms with van der Waals surface area (Å²) in [7, 11) is 0. The third-order valence-corrected chi connectivity index (χ3v) is 4.09. The van der Waals surface area contributed by atoms with Crippen LogP contribution < -0.4 is 5.32 Å². The summed E-state index contributed by atoms with van der Waals surface area (Å²) in [6, 6.07) is 19.0. The number of hydrogen-bond donors (Lipinski definition) is 1. The molecule has 0 bridgehead atoms. The minimum atomic E-state index is -0.503. The molecule has 2 aromatic carbocycles. The smallest absolute Gasteiger partial charge is 0.407 e. The standard InChI is InChI=1S/C13H12.C12H23NO4/c1-11-7-9-13(10-8-11)12-5-3-2-4-6-12;1-6-16-10(14)9(2)7-8-13-11(15)17-12(3,4)5/h2-10H,1H3;9H,6-8H2,1-5H3,(H,13,15)/t;9-/m.1/s1. The van der Waals surface area contributed by atoms with Crippen LogP contribution in [-0.4, -0.2) is 30.8 Å². The van der Waals surface area contributed by atoms with Gasteiger partial charge in [0.2, 0.25) is 0 Å². The fourth-order valence-electron chi connectivity index (χ4n) is 2.48. The molecule has 2 aromatic rings. The maximum Gasteiger partial charge on any atom is 0.407 e. The molecule has 1 amide bonds. The van der Waals surface area contributed by atoms with Gasteiger partial charge in [-0.2, -0.15) is 0 Å². The maximum atomic E-state index is 11.3. The van der Waals surface area contributed by atoms with Gasteiger partial charge in [0.1, 0.15) is 5.60 Å². The highest BCUT2D eigenvalue weighted by Gasteiger charge is 2.17. The molecule has 0 aliphatic heterocycles. The normalized spacial score (nSPS) is 11.5. The number of carbonyl (C=O) groups is 2. The van der Waals surface area contributed by atoms with Crippen LogP contribution >= 0.6 is 0 Å². The van der Waals surface area contributed by atoms with Gasteiger partial charge in [0.15, 0.2) is 0 Å². The predicted molar refractivity (Wildman–Crippen MR) is 121 cm³/mol. The SMILES string of the molecule is CCOC(=O)[C@H](C)CCNC(=O)OC(C)(C)C.Cc1ccc(-c2ccccc2)cc1. The zero-order valence-electron chi connectivity index (χ0n) is 19.0. The quantitative estimate of drug-likeness (QED) is 0.611. The second kappa shape index (κ2) is 12.7. The Morgan fingerprint density at radius 2 is 1.53 bits per heavy atom. The number of amides is 1. The van der Waals surface area contributed by atoms with Crippen LogP contribution in [0.25, 0.3) is 11.1 Å². The number of nitrogens with one attached hydrogen (secondary N) is 1. The topological polar surface area (TPSA) is 64.6 Å². The maximum absolute atomic E-state index is 11.3. The molecule has 0 radical (unpaired) electrons. The predicted octanol–water partition coefficient (Wildman–Crippen LogP) is 5.76. The Morgan fingerprint density at radius 1 is 0.967 bits per heavy atom. The first-order valence-electron chi connectivity index (χ1n) is 10.4. The summed E-state index contributed by atoms with van der Waals surface area (Å²) in [5, 5.41) is 2.60. The van der Waals surface area contributed by atoms with Crippen LogP contribution in [0, 0.1) is 12.8 Å². The first-order valence-corrected chi connectivity index (χ1v) is 10.4. The van der Waals surface area contributed by atoms with E-state index in [1.54, 1.807) is 34.6 Å². The summed E-state index contributed by atoms with van der Waals surface area (Å²) in [6.45, 7) is 11.8. The van der Waals surface area contributed by atoms with Crippen LogP contribution in [0.2, 0.25) is 0 Å². The molecule has 0 aromatic heterocycles. The molecular formula is C25H35NO4. The minimum Gasteiger partial charge on any atom is -0.466 e. The molecule has 5 heteroatoms. The van der Waals surface area contributed by atoms with Crippen molar-refractivity contribution in [1.82, 2.24) is 5.32 Å². The van der Waals surface area contributed by atoms with E-state index >= 15 is 0 Å². The summed E-state index contributed by atoms with van der Waals surface area (Å²) >= 11 is 0. The van der Waals surface area contributed by atoms with Gasteiger partial charge in [-0.3, -0.25) is 4.79 Å². The van der Waals surface area contributed by atoms with E-state index in [-0.39, 0.29) is 11.9 Å². The Bertz CT molecular complexity index is 764. The summed E-state index contributed by atoms with van der Waals surface area (Å²) in [6.07, 6.45) is 0.0755. The van der Waals surface area contributed by atoms with E-state index in [4.69, 9.17) is 9.47 Å². The van der Waals surface area contributed by atoms with E-state index in [0.29, 0.717) is 19.6 Å². The number of hydrogen-bond acceptors (Lipinski definition) is 4. The second-order valence-corrected chi connectivity index (χ2v) is 8.10. The number of carbonyl (C=O) groups excluding carboxylic acids is 2. The molecule has 0 heterocycles. The first kappa shape index (κ1) is 25.2. The average Bonchev–Trinajstić information content (AvgIpc) is 2.68. The number of esters is 1. The molecule has 0 fully saturated rings. The van der Waals surface area contributed by atoms with Gasteiger partial charge in [0.05, 0.1) is 12.5 Å². The van der Waals surface area contributed by atoms with Crippen LogP contribution in [0.5, 0.6) is 0 Å². The van der Waals surface area contributed by atoms with Crippen molar-refractivity contribution in [1.29, 1.82) is 0 Å². The summed E-state index contributed by atoms with van der Waals surface area (Å²) in [5.74, 6) is -0.455. The van der Waals surface area contributed by atoms with Gasteiger partial charge in [-0.1, -0.05) is 67.1 Å². The molecule has 0 saturated heterocycles. The molecule has 0 aliphatic carbocycles. The Labute approximate surface area is 180 Å². The lowest BCUT2D eigenvalue weighted by molar-refractivity contribution is -0.147. The van der Waals surface area contributed by atoms with E-state index in [1.165, 1.54) is 16.7 Å². The Balaban J connectivity index is 0.000000308. The Morgan fingerprint density at radius 3 is 2.07 bits per heavy atom. The summed E-state index contributed by atoms with van der Waals surface area (Å²) in [4.78, 5) is 22.6. The lowest BCUT2D eigenvalue weighted by Gasteiger charge is -2.20. The van der Waals surface area contributed by atoms with Crippen LogP contribution in [0.15, 0.2) is 54.6 Å². The third-order valence-electron chi connectivity index (χ3n) is 4.09. The van der Waals surface area contributed by atoms with Crippen molar-refractivity contribution in [3.05, 3.63) is 60.2 Å². The minimum absolute atomic E-state index is 0.218. The Kier molecular flexibility index (Phi) is 10.7. The van der Waals surface area contributed by atoms with Gasteiger partial charge in [-0.05, 0) is 52.2 Å². The van der Waals surface area contributed by atoms with Gasteiger partial charge < -0.3 is 14.8 Å².